The second-order valence-corrected chi connectivity index (χ2v) is 6.17. The molecule has 3 aromatic rings. The van der Waals surface area contributed by atoms with Crippen molar-refractivity contribution in [3.63, 3.8) is 0 Å². The molecular weight excluding hydrogens is 341 g/mol. The smallest absolute Gasteiger partial charge is 0.205 e. The molecule has 0 aliphatic carbocycles. The highest BCUT2D eigenvalue weighted by molar-refractivity contribution is 7.07. The molecule has 0 saturated heterocycles. The summed E-state index contributed by atoms with van der Waals surface area (Å²) in [5, 5.41) is 25.9. The third-order valence-corrected chi connectivity index (χ3v) is 4.55. The summed E-state index contributed by atoms with van der Waals surface area (Å²) in [5.41, 5.74) is 2.63. The number of hydrogen-bond acceptors (Lipinski definition) is 5. The molecule has 0 unspecified atom stereocenters. The first-order valence-corrected chi connectivity index (χ1v) is 8.35. The van der Waals surface area contributed by atoms with Crippen molar-refractivity contribution in [1.82, 2.24) is 4.68 Å². The minimum absolute atomic E-state index is 0.0199. The molecule has 0 radical (unpaired) electrons. The Hall–Kier alpha value is -2.93. The van der Waals surface area contributed by atoms with Crippen LogP contribution in [0.3, 0.4) is 0 Å². The van der Waals surface area contributed by atoms with Crippen LogP contribution in [0, 0.1) is 5.82 Å². The van der Waals surface area contributed by atoms with Gasteiger partial charge in [0.1, 0.15) is 17.3 Å². The Kier molecular flexibility index (Phi) is 4.67. The Balaban J connectivity index is 2.13. The molecule has 128 valence electrons. The number of thiazole rings is 1. The summed E-state index contributed by atoms with van der Waals surface area (Å²) in [6.45, 7) is 1.75. The SMILES string of the molecule is CN=c1scc(-c2ccc(F)cc2)n1/N=C(\C)c1ccc(O)cc1O. The third-order valence-electron chi connectivity index (χ3n) is 3.64. The van der Waals surface area contributed by atoms with Crippen LogP contribution in [-0.4, -0.2) is 27.6 Å². The second kappa shape index (κ2) is 6.90. The van der Waals surface area contributed by atoms with Crippen LogP contribution < -0.4 is 4.80 Å². The van der Waals surface area contributed by atoms with E-state index in [1.165, 1.54) is 35.6 Å². The highest BCUT2D eigenvalue weighted by Gasteiger charge is 2.10. The fourth-order valence-electron chi connectivity index (χ4n) is 2.40. The van der Waals surface area contributed by atoms with Gasteiger partial charge in [-0.2, -0.15) is 5.10 Å². The maximum absolute atomic E-state index is 13.2. The largest absolute Gasteiger partial charge is 0.508 e. The van der Waals surface area contributed by atoms with Gasteiger partial charge in [-0.1, -0.05) is 0 Å². The topological polar surface area (TPSA) is 70.1 Å². The van der Waals surface area contributed by atoms with Gasteiger partial charge in [0, 0.05) is 29.6 Å². The van der Waals surface area contributed by atoms with Crippen LogP contribution in [0.15, 0.2) is 57.9 Å². The lowest BCUT2D eigenvalue weighted by Crippen LogP contribution is -2.13. The predicted octanol–water partition coefficient (Wildman–Crippen LogP) is 3.57. The molecule has 5 nitrogen and oxygen atoms in total. The van der Waals surface area contributed by atoms with Crippen molar-refractivity contribution in [1.29, 1.82) is 0 Å². The number of phenols is 2. The zero-order valence-corrected chi connectivity index (χ0v) is 14.5. The van der Waals surface area contributed by atoms with Gasteiger partial charge in [-0.15, -0.1) is 11.3 Å². The molecule has 2 N–H and O–H groups in total. The van der Waals surface area contributed by atoms with Crippen LogP contribution in [-0.2, 0) is 0 Å². The first kappa shape index (κ1) is 16.9. The number of aromatic hydroxyl groups is 2. The van der Waals surface area contributed by atoms with Crippen molar-refractivity contribution >= 4 is 17.0 Å². The summed E-state index contributed by atoms with van der Waals surface area (Å²) in [4.78, 5) is 4.88. The zero-order chi connectivity index (χ0) is 18.0. The Morgan fingerprint density at radius 1 is 1.12 bits per heavy atom. The molecule has 1 heterocycles. The standard InChI is InChI=1S/C18H16FN3O2S/c1-11(15-8-7-14(23)9-17(15)24)21-22-16(10-25-18(22)20-2)12-3-5-13(19)6-4-12/h3-10,23-24H,1-2H3/b20-18?,21-11+. The number of benzene rings is 2. The number of rotatable bonds is 3. The predicted molar refractivity (Wildman–Crippen MR) is 96.6 cm³/mol. The van der Waals surface area contributed by atoms with Gasteiger partial charge in [-0.25, -0.2) is 9.07 Å². The van der Waals surface area contributed by atoms with E-state index in [2.05, 4.69) is 10.1 Å². The molecule has 0 fully saturated rings. The molecule has 1 aromatic heterocycles. The molecule has 0 amide bonds. The maximum atomic E-state index is 13.2. The molecule has 0 atom stereocenters. The van der Waals surface area contributed by atoms with E-state index in [1.807, 2.05) is 5.38 Å². The number of halogens is 1. The summed E-state index contributed by atoms with van der Waals surface area (Å²) in [6, 6.07) is 10.5. The van der Waals surface area contributed by atoms with E-state index in [-0.39, 0.29) is 17.3 Å². The Morgan fingerprint density at radius 2 is 1.84 bits per heavy atom. The quantitative estimate of drug-likeness (QED) is 0.704. The first-order chi connectivity index (χ1) is 12.0. The van der Waals surface area contributed by atoms with Crippen LogP contribution in [0.25, 0.3) is 11.3 Å². The molecule has 3 rings (SSSR count). The van der Waals surface area contributed by atoms with Crippen molar-refractivity contribution in [2.24, 2.45) is 10.1 Å². The molecule has 0 aliphatic rings. The van der Waals surface area contributed by atoms with E-state index in [4.69, 9.17) is 0 Å². The van der Waals surface area contributed by atoms with E-state index < -0.39 is 0 Å². The molecular formula is C18H16FN3O2S. The van der Waals surface area contributed by atoms with Crippen LogP contribution >= 0.6 is 11.3 Å². The second-order valence-electron chi connectivity index (χ2n) is 5.33. The van der Waals surface area contributed by atoms with Crippen molar-refractivity contribution in [3.8, 4) is 22.8 Å². The van der Waals surface area contributed by atoms with Gasteiger partial charge in [0.25, 0.3) is 0 Å². The third kappa shape index (κ3) is 3.46. The van der Waals surface area contributed by atoms with E-state index in [9.17, 15) is 14.6 Å². The van der Waals surface area contributed by atoms with Crippen molar-refractivity contribution < 1.29 is 14.6 Å². The summed E-state index contributed by atoms with van der Waals surface area (Å²) in [6.07, 6.45) is 0. The number of hydrogen-bond donors (Lipinski definition) is 2. The number of phenolic OH excluding ortho intramolecular Hbond substituents is 2. The van der Waals surface area contributed by atoms with Crippen molar-refractivity contribution in [3.05, 3.63) is 64.0 Å². The average molecular weight is 357 g/mol. The van der Waals surface area contributed by atoms with Gasteiger partial charge in [0.2, 0.25) is 4.80 Å². The Labute approximate surface area is 147 Å². The number of aromatic nitrogens is 1. The first-order valence-electron chi connectivity index (χ1n) is 7.47. The van der Waals surface area contributed by atoms with Crippen LogP contribution in [0.2, 0.25) is 0 Å². The maximum Gasteiger partial charge on any atom is 0.205 e. The Morgan fingerprint density at radius 3 is 2.48 bits per heavy atom. The van der Waals surface area contributed by atoms with Gasteiger partial charge in [0.05, 0.1) is 11.4 Å². The van der Waals surface area contributed by atoms with Gasteiger partial charge < -0.3 is 10.2 Å². The lowest BCUT2D eigenvalue weighted by atomic mass is 10.1. The molecule has 25 heavy (non-hydrogen) atoms. The van der Waals surface area contributed by atoms with Crippen molar-refractivity contribution in [2.45, 2.75) is 6.92 Å². The normalized spacial score (nSPS) is 12.6. The minimum Gasteiger partial charge on any atom is -0.508 e. The highest BCUT2D eigenvalue weighted by atomic mass is 32.1. The average Bonchev–Trinajstić information content (AvgIpc) is 2.98. The van der Waals surface area contributed by atoms with E-state index in [1.54, 1.807) is 36.8 Å². The highest BCUT2D eigenvalue weighted by Crippen LogP contribution is 2.24. The minimum atomic E-state index is -0.306. The van der Waals surface area contributed by atoms with E-state index >= 15 is 0 Å². The molecule has 0 aliphatic heterocycles. The van der Waals surface area contributed by atoms with Gasteiger partial charge in [-0.3, -0.25) is 4.99 Å². The van der Waals surface area contributed by atoms with Crippen LogP contribution in [0.5, 0.6) is 11.5 Å². The zero-order valence-electron chi connectivity index (χ0n) is 13.6. The van der Waals surface area contributed by atoms with Crippen LogP contribution in [0.1, 0.15) is 12.5 Å². The summed E-state index contributed by atoms with van der Waals surface area (Å²) >= 11 is 1.41. The molecule has 0 saturated carbocycles. The van der Waals surface area contributed by atoms with Gasteiger partial charge in [-0.05, 0) is 43.3 Å². The fraction of sp³-hybridized carbons (Fsp3) is 0.111. The van der Waals surface area contributed by atoms with E-state index in [0.717, 1.165) is 11.3 Å². The summed E-state index contributed by atoms with van der Waals surface area (Å²) in [7, 11) is 1.67. The monoisotopic (exact) mass is 357 g/mol. The van der Waals surface area contributed by atoms with Gasteiger partial charge in [0.15, 0.2) is 0 Å². The molecule has 0 bridgehead atoms. The summed E-state index contributed by atoms with van der Waals surface area (Å²) in [5.74, 6) is -0.386. The fourth-order valence-corrected chi connectivity index (χ4v) is 3.19. The molecule has 7 heteroatoms. The Bertz CT molecular complexity index is 1000. The van der Waals surface area contributed by atoms with Crippen molar-refractivity contribution in [2.75, 3.05) is 7.05 Å². The van der Waals surface area contributed by atoms with Gasteiger partial charge >= 0.3 is 0 Å². The van der Waals surface area contributed by atoms with Crippen LogP contribution in [0.4, 0.5) is 4.39 Å². The summed E-state index contributed by atoms with van der Waals surface area (Å²) < 4.78 is 14.8. The lowest BCUT2D eigenvalue weighted by molar-refractivity contribution is 0.450. The molecule has 0 spiro atoms. The number of nitrogens with zero attached hydrogens (tertiary/aromatic N) is 3. The molecule has 2 aromatic carbocycles. The van der Waals surface area contributed by atoms with E-state index in [0.29, 0.717) is 16.1 Å². The lowest BCUT2D eigenvalue weighted by Gasteiger charge is -2.08.